The summed E-state index contributed by atoms with van der Waals surface area (Å²) in [5.74, 6) is 0. The zero-order valence-electron chi connectivity index (χ0n) is 15.0. The third-order valence-corrected chi connectivity index (χ3v) is 6.41. The van der Waals surface area contributed by atoms with Gasteiger partial charge in [0.05, 0.1) is 11.2 Å². The molecule has 1 rings (SSSR count). The number of hydrogen-bond acceptors (Lipinski definition) is 4. The summed E-state index contributed by atoms with van der Waals surface area (Å²) in [7, 11) is -6.98. The molecular weight excluding hydrogens is 348 g/mol. The van der Waals surface area contributed by atoms with Crippen LogP contribution in [0.25, 0.3) is 0 Å². The molecule has 24 heavy (non-hydrogen) atoms. The van der Waals surface area contributed by atoms with Crippen molar-refractivity contribution in [2.45, 2.75) is 44.4 Å². The summed E-state index contributed by atoms with van der Waals surface area (Å²) in [6, 6.07) is 6.75. The molecule has 138 valence electrons. The van der Waals surface area contributed by atoms with Gasteiger partial charge in [0.25, 0.3) is 0 Å². The fourth-order valence-corrected chi connectivity index (χ4v) is 4.17. The summed E-state index contributed by atoms with van der Waals surface area (Å²) in [6.45, 7) is 8.58. The Morgan fingerprint density at radius 2 is 1.54 bits per heavy atom. The quantitative estimate of drug-likeness (QED) is 0.751. The Hall–Kier alpha value is -0.960. The molecule has 0 saturated carbocycles. The zero-order chi connectivity index (χ0) is 18.6. The first-order valence-corrected chi connectivity index (χ1v) is 11.3. The summed E-state index contributed by atoms with van der Waals surface area (Å²) in [4.78, 5) is 0.178. The Morgan fingerprint density at radius 3 is 1.96 bits per heavy atom. The summed E-state index contributed by atoms with van der Waals surface area (Å²) in [6.07, 6.45) is 1.80. The van der Waals surface area contributed by atoms with E-state index in [1.165, 1.54) is 4.31 Å². The summed E-state index contributed by atoms with van der Waals surface area (Å²) < 4.78 is 51.6. The number of benzene rings is 1. The molecule has 0 aromatic heterocycles. The van der Waals surface area contributed by atoms with Crippen LogP contribution in [-0.4, -0.2) is 47.0 Å². The van der Waals surface area contributed by atoms with Crippen molar-refractivity contribution in [1.82, 2.24) is 9.03 Å². The molecule has 1 aromatic rings. The first kappa shape index (κ1) is 21.1. The van der Waals surface area contributed by atoms with Crippen molar-refractivity contribution in [1.29, 1.82) is 0 Å². The Morgan fingerprint density at radius 1 is 1.00 bits per heavy atom. The van der Waals surface area contributed by atoms with Gasteiger partial charge in [-0.2, -0.15) is 0 Å². The van der Waals surface area contributed by atoms with Gasteiger partial charge in [-0.1, -0.05) is 39.8 Å². The van der Waals surface area contributed by atoms with Crippen LogP contribution in [-0.2, 0) is 25.5 Å². The number of nitrogens with one attached hydrogen (secondary N) is 1. The van der Waals surface area contributed by atoms with Gasteiger partial charge in [-0.05, 0) is 29.5 Å². The second-order valence-corrected chi connectivity index (χ2v) is 10.6. The lowest BCUT2D eigenvalue weighted by molar-refractivity contribution is 0.416. The summed E-state index contributed by atoms with van der Waals surface area (Å²) in [5.41, 5.74) is 0.999. The van der Waals surface area contributed by atoms with Gasteiger partial charge >= 0.3 is 0 Å². The van der Waals surface area contributed by atoms with Crippen LogP contribution < -0.4 is 4.72 Å². The predicted molar refractivity (Wildman–Crippen MR) is 97.0 cm³/mol. The van der Waals surface area contributed by atoms with Gasteiger partial charge in [-0.3, -0.25) is 0 Å². The average Bonchev–Trinajstić information content (AvgIpc) is 2.44. The van der Waals surface area contributed by atoms with Crippen LogP contribution in [0.4, 0.5) is 0 Å². The van der Waals surface area contributed by atoms with Gasteiger partial charge < -0.3 is 0 Å². The standard InChI is InChI=1S/C16H28N2O4S2/c1-6-12-18(23(5,19)20)13-11-17-24(21,22)15-9-7-14(8-10-15)16(2,3)4/h7-10,17H,6,11-13H2,1-5H3. The number of sulfonamides is 2. The van der Waals surface area contributed by atoms with E-state index in [4.69, 9.17) is 0 Å². The minimum absolute atomic E-state index is 0.0381. The molecule has 0 heterocycles. The molecule has 0 aliphatic carbocycles. The molecule has 0 fully saturated rings. The largest absolute Gasteiger partial charge is 0.240 e. The lowest BCUT2D eigenvalue weighted by Crippen LogP contribution is -2.38. The van der Waals surface area contributed by atoms with E-state index in [1.807, 2.05) is 6.92 Å². The third-order valence-electron chi connectivity index (χ3n) is 3.63. The van der Waals surface area contributed by atoms with E-state index >= 15 is 0 Å². The van der Waals surface area contributed by atoms with Crippen molar-refractivity contribution in [3.63, 3.8) is 0 Å². The molecule has 0 amide bonds. The van der Waals surface area contributed by atoms with Crippen LogP contribution in [0.1, 0.15) is 39.7 Å². The van der Waals surface area contributed by atoms with E-state index in [1.54, 1.807) is 24.3 Å². The van der Waals surface area contributed by atoms with Gasteiger partial charge in [-0.25, -0.2) is 25.9 Å². The SMILES string of the molecule is CCCN(CCNS(=O)(=O)c1ccc(C(C)(C)C)cc1)S(C)(=O)=O. The Kier molecular flexibility index (Phi) is 6.98. The van der Waals surface area contributed by atoms with E-state index in [0.29, 0.717) is 13.0 Å². The molecule has 8 heteroatoms. The molecule has 0 unspecified atom stereocenters. The molecule has 0 saturated heterocycles. The van der Waals surface area contributed by atoms with E-state index in [2.05, 4.69) is 25.5 Å². The minimum atomic E-state index is -3.65. The van der Waals surface area contributed by atoms with Gasteiger partial charge in [0.1, 0.15) is 0 Å². The first-order chi connectivity index (χ1) is 10.9. The van der Waals surface area contributed by atoms with Gasteiger partial charge in [0.2, 0.25) is 20.0 Å². The van der Waals surface area contributed by atoms with Gasteiger partial charge in [0.15, 0.2) is 0 Å². The van der Waals surface area contributed by atoms with E-state index in [-0.39, 0.29) is 23.4 Å². The van der Waals surface area contributed by atoms with Crippen LogP contribution >= 0.6 is 0 Å². The maximum Gasteiger partial charge on any atom is 0.240 e. The van der Waals surface area contributed by atoms with E-state index < -0.39 is 20.0 Å². The molecule has 0 aliphatic heterocycles. The molecule has 0 radical (unpaired) electrons. The van der Waals surface area contributed by atoms with Crippen LogP contribution in [0.2, 0.25) is 0 Å². The van der Waals surface area contributed by atoms with E-state index in [9.17, 15) is 16.8 Å². The van der Waals surface area contributed by atoms with Crippen molar-refractivity contribution in [2.75, 3.05) is 25.9 Å². The summed E-state index contributed by atoms with van der Waals surface area (Å²) in [5, 5.41) is 0. The minimum Gasteiger partial charge on any atom is -0.213 e. The first-order valence-electron chi connectivity index (χ1n) is 7.93. The van der Waals surface area contributed by atoms with Crippen LogP contribution in [0.15, 0.2) is 29.2 Å². The molecule has 6 nitrogen and oxygen atoms in total. The van der Waals surface area contributed by atoms with Crippen molar-refractivity contribution < 1.29 is 16.8 Å². The maximum atomic E-state index is 12.3. The Balaban J connectivity index is 2.76. The second kappa shape index (κ2) is 7.95. The summed E-state index contributed by atoms with van der Waals surface area (Å²) >= 11 is 0. The fourth-order valence-electron chi connectivity index (χ4n) is 2.21. The number of rotatable bonds is 8. The maximum absolute atomic E-state index is 12.3. The average molecular weight is 377 g/mol. The number of hydrogen-bond donors (Lipinski definition) is 1. The fraction of sp³-hybridized carbons (Fsp3) is 0.625. The lowest BCUT2D eigenvalue weighted by atomic mass is 9.87. The Bertz CT molecular complexity index is 733. The van der Waals surface area contributed by atoms with Crippen LogP contribution in [0, 0.1) is 0 Å². The van der Waals surface area contributed by atoms with Crippen LogP contribution in [0.5, 0.6) is 0 Å². The Labute approximate surface area is 146 Å². The zero-order valence-corrected chi connectivity index (χ0v) is 16.7. The predicted octanol–water partition coefficient (Wildman–Crippen LogP) is 1.93. The molecular formula is C16H28N2O4S2. The van der Waals surface area contributed by atoms with Crippen molar-refractivity contribution in [2.24, 2.45) is 0 Å². The molecule has 0 bridgehead atoms. The molecule has 1 aromatic carbocycles. The highest BCUT2D eigenvalue weighted by atomic mass is 32.2. The van der Waals surface area contributed by atoms with Crippen molar-refractivity contribution in [3.8, 4) is 0 Å². The highest BCUT2D eigenvalue weighted by molar-refractivity contribution is 7.89. The molecule has 0 atom stereocenters. The molecule has 1 N–H and O–H groups in total. The topological polar surface area (TPSA) is 83.6 Å². The monoisotopic (exact) mass is 376 g/mol. The highest BCUT2D eigenvalue weighted by Crippen LogP contribution is 2.23. The smallest absolute Gasteiger partial charge is 0.213 e. The van der Waals surface area contributed by atoms with Crippen molar-refractivity contribution in [3.05, 3.63) is 29.8 Å². The van der Waals surface area contributed by atoms with Gasteiger partial charge in [0, 0.05) is 19.6 Å². The van der Waals surface area contributed by atoms with Crippen molar-refractivity contribution >= 4 is 20.0 Å². The lowest BCUT2D eigenvalue weighted by Gasteiger charge is -2.20. The molecule has 0 aliphatic rings. The van der Waals surface area contributed by atoms with E-state index in [0.717, 1.165) is 11.8 Å². The van der Waals surface area contributed by atoms with Gasteiger partial charge in [-0.15, -0.1) is 0 Å². The highest BCUT2D eigenvalue weighted by Gasteiger charge is 2.19. The molecule has 0 spiro atoms. The normalized spacial score (nSPS) is 13.4. The third kappa shape index (κ3) is 6.16. The second-order valence-electron chi connectivity index (χ2n) is 6.83. The number of nitrogens with zero attached hydrogens (tertiary/aromatic N) is 1. The van der Waals surface area contributed by atoms with Crippen LogP contribution in [0.3, 0.4) is 0 Å².